The number of carbonyl (C=O) groups is 2. The summed E-state index contributed by atoms with van der Waals surface area (Å²) in [6.45, 7) is 6.85. The van der Waals surface area contributed by atoms with Gasteiger partial charge in [0.15, 0.2) is 0 Å². The van der Waals surface area contributed by atoms with E-state index in [1.165, 1.54) is 0 Å². The van der Waals surface area contributed by atoms with E-state index in [0.717, 1.165) is 12.8 Å². The minimum atomic E-state index is -0.764. The third-order valence-electron chi connectivity index (χ3n) is 4.97. The van der Waals surface area contributed by atoms with Crippen molar-refractivity contribution >= 4 is 12.0 Å². The van der Waals surface area contributed by atoms with Gasteiger partial charge in [-0.2, -0.15) is 0 Å². The molecular formula is C15H26N2O4. The second-order valence-electron chi connectivity index (χ2n) is 6.72. The summed E-state index contributed by atoms with van der Waals surface area (Å²) in [4.78, 5) is 22.9. The molecule has 0 saturated heterocycles. The molecule has 2 fully saturated rings. The van der Waals surface area contributed by atoms with Crippen molar-refractivity contribution in [3.63, 3.8) is 0 Å². The molecule has 2 aliphatic rings. The highest BCUT2D eigenvalue weighted by molar-refractivity contribution is 5.75. The standard InChI is InChI=1S/C15H26N2O4/c1-4-21-12-8-11(15(12,2)3)17-14(20)16-10-6-5-9(7-10)13(18)19/h9-12H,4-8H2,1-3H3,(H,18,19)(H2,16,17,20). The highest BCUT2D eigenvalue weighted by Crippen LogP contribution is 2.42. The molecule has 0 bridgehead atoms. The Labute approximate surface area is 125 Å². The van der Waals surface area contributed by atoms with Gasteiger partial charge in [0.25, 0.3) is 0 Å². The van der Waals surface area contributed by atoms with Gasteiger partial charge in [-0.05, 0) is 32.6 Å². The van der Waals surface area contributed by atoms with Crippen molar-refractivity contribution in [1.82, 2.24) is 10.6 Å². The van der Waals surface area contributed by atoms with Crippen molar-refractivity contribution in [2.75, 3.05) is 6.61 Å². The van der Waals surface area contributed by atoms with Crippen LogP contribution in [-0.4, -0.2) is 41.9 Å². The Balaban J connectivity index is 1.75. The first-order chi connectivity index (χ1) is 9.84. The van der Waals surface area contributed by atoms with Crippen LogP contribution in [0.3, 0.4) is 0 Å². The predicted molar refractivity (Wildman–Crippen MR) is 78.0 cm³/mol. The fourth-order valence-electron chi connectivity index (χ4n) is 3.34. The molecule has 0 aliphatic heterocycles. The van der Waals surface area contributed by atoms with Gasteiger partial charge in [0, 0.05) is 24.1 Å². The van der Waals surface area contributed by atoms with Crippen LogP contribution >= 0.6 is 0 Å². The molecular weight excluding hydrogens is 272 g/mol. The molecule has 2 saturated carbocycles. The molecule has 0 aromatic heterocycles. The molecule has 2 amide bonds. The number of aliphatic carboxylic acids is 1. The van der Waals surface area contributed by atoms with Crippen molar-refractivity contribution in [3.05, 3.63) is 0 Å². The van der Waals surface area contributed by atoms with Crippen LogP contribution in [-0.2, 0) is 9.53 Å². The van der Waals surface area contributed by atoms with Crippen molar-refractivity contribution < 1.29 is 19.4 Å². The van der Waals surface area contributed by atoms with Crippen LogP contribution in [0.4, 0.5) is 4.79 Å². The molecule has 0 radical (unpaired) electrons. The lowest BCUT2D eigenvalue weighted by molar-refractivity contribution is -0.141. The largest absolute Gasteiger partial charge is 0.481 e. The van der Waals surface area contributed by atoms with Gasteiger partial charge in [0.2, 0.25) is 0 Å². The molecule has 2 rings (SSSR count). The molecule has 0 heterocycles. The monoisotopic (exact) mass is 298 g/mol. The first-order valence-electron chi connectivity index (χ1n) is 7.76. The maximum absolute atomic E-state index is 12.0. The lowest BCUT2D eigenvalue weighted by Crippen LogP contribution is -2.63. The van der Waals surface area contributed by atoms with E-state index in [4.69, 9.17) is 9.84 Å². The number of carboxylic acids is 1. The summed E-state index contributed by atoms with van der Waals surface area (Å²) in [5.41, 5.74) is -0.0629. The molecule has 0 aromatic rings. The highest BCUT2D eigenvalue weighted by Gasteiger charge is 2.49. The number of hydrogen-bond acceptors (Lipinski definition) is 3. The van der Waals surface area contributed by atoms with Gasteiger partial charge in [0.1, 0.15) is 0 Å². The van der Waals surface area contributed by atoms with Gasteiger partial charge in [0.05, 0.1) is 12.0 Å². The molecule has 0 aromatic carbocycles. The summed E-state index contributed by atoms with van der Waals surface area (Å²) in [6.07, 6.45) is 2.92. The van der Waals surface area contributed by atoms with E-state index >= 15 is 0 Å². The Morgan fingerprint density at radius 3 is 2.48 bits per heavy atom. The van der Waals surface area contributed by atoms with Crippen LogP contribution in [0, 0.1) is 11.3 Å². The van der Waals surface area contributed by atoms with Gasteiger partial charge in [-0.3, -0.25) is 4.79 Å². The first kappa shape index (κ1) is 16.1. The van der Waals surface area contributed by atoms with Crippen molar-refractivity contribution in [1.29, 1.82) is 0 Å². The maximum atomic E-state index is 12.0. The zero-order chi connectivity index (χ0) is 15.6. The Hall–Kier alpha value is -1.30. The van der Waals surface area contributed by atoms with Gasteiger partial charge in [-0.15, -0.1) is 0 Å². The van der Waals surface area contributed by atoms with E-state index < -0.39 is 5.97 Å². The van der Waals surface area contributed by atoms with Crippen LogP contribution in [0.2, 0.25) is 0 Å². The third-order valence-corrected chi connectivity index (χ3v) is 4.97. The fraction of sp³-hybridized carbons (Fsp3) is 0.867. The topological polar surface area (TPSA) is 87.7 Å². The predicted octanol–water partition coefficient (Wildman–Crippen LogP) is 1.74. The SMILES string of the molecule is CCOC1CC(NC(=O)NC2CCC(C(=O)O)C2)C1(C)C. The minimum absolute atomic E-state index is 0.0306. The Morgan fingerprint density at radius 1 is 1.24 bits per heavy atom. The van der Waals surface area contributed by atoms with E-state index in [0.29, 0.717) is 19.4 Å². The summed E-state index contributed by atoms with van der Waals surface area (Å²) >= 11 is 0. The number of amides is 2. The van der Waals surface area contributed by atoms with E-state index in [9.17, 15) is 9.59 Å². The second-order valence-corrected chi connectivity index (χ2v) is 6.72. The van der Waals surface area contributed by atoms with Crippen LogP contribution in [0.5, 0.6) is 0 Å². The number of carboxylic acid groups (broad SMARTS) is 1. The average Bonchev–Trinajstić information content (AvgIpc) is 2.86. The van der Waals surface area contributed by atoms with E-state index in [2.05, 4.69) is 24.5 Å². The quantitative estimate of drug-likeness (QED) is 0.721. The van der Waals surface area contributed by atoms with Crippen molar-refractivity contribution in [2.45, 2.75) is 64.6 Å². The smallest absolute Gasteiger partial charge is 0.315 e. The third kappa shape index (κ3) is 3.48. The van der Waals surface area contributed by atoms with Crippen LogP contribution in [0.25, 0.3) is 0 Å². The van der Waals surface area contributed by atoms with Crippen molar-refractivity contribution in [3.8, 4) is 0 Å². The van der Waals surface area contributed by atoms with Crippen molar-refractivity contribution in [2.24, 2.45) is 11.3 Å². The average molecular weight is 298 g/mol. The fourth-order valence-corrected chi connectivity index (χ4v) is 3.34. The molecule has 0 spiro atoms. The van der Waals surface area contributed by atoms with Crippen LogP contribution in [0.1, 0.15) is 46.5 Å². The second kappa shape index (κ2) is 6.22. The Kier molecular flexibility index (Phi) is 4.76. The molecule has 4 unspecified atom stereocenters. The number of ether oxygens (including phenoxy) is 1. The molecule has 6 heteroatoms. The summed E-state index contributed by atoms with van der Waals surface area (Å²) in [7, 11) is 0. The zero-order valence-electron chi connectivity index (χ0n) is 13.0. The van der Waals surface area contributed by atoms with Crippen LogP contribution < -0.4 is 10.6 Å². The van der Waals surface area contributed by atoms with Gasteiger partial charge in [-0.25, -0.2) is 4.79 Å². The number of nitrogens with one attached hydrogen (secondary N) is 2. The van der Waals surface area contributed by atoms with E-state index in [-0.39, 0.29) is 35.6 Å². The normalized spacial score (nSPS) is 34.0. The van der Waals surface area contributed by atoms with Gasteiger partial charge < -0.3 is 20.5 Å². The van der Waals surface area contributed by atoms with E-state index in [1.807, 2.05) is 6.92 Å². The molecule has 6 nitrogen and oxygen atoms in total. The number of hydrogen-bond donors (Lipinski definition) is 3. The summed E-state index contributed by atoms with van der Waals surface area (Å²) in [5, 5.41) is 14.8. The molecule has 2 aliphatic carbocycles. The first-order valence-corrected chi connectivity index (χ1v) is 7.76. The zero-order valence-corrected chi connectivity index (χ0v) is 13.0. The summed E-state index contributed by atoms with van der Waals surface area (Å²) < 4.78 is 5.64. The minimum Gasteiger partial charge on any atom is -0.481 e. The maximum Gasteiger partial charge on any atom is 0.315 e. The Morgan fingerprint density at radius 2 is 1.95 bits per heavy atom. The lowest BCUT2D eigenvalue weighted by Gasteiger charge is -2.51. The van der Waals surface area contributed by atoms with Gasteiger partial charge >= 0.3 is 12.0 Å². The van der Waals surface area contributed by atoms with Crippen LogP contribution in [0.15, 0.2) is 0 Å². The number of rotatable bonds is 5. The van der Waals surface area contributed by atoms with Gasteiger partial charge in [-0.1, -0.05) is 13.8 Å². The number of carbonyl (C=O) groups excluding carboxylic acids is 1. The highest BCUT2D eigenvalue weighted by atomic mass is 16.5. The Bertz CT molecular complexity index is 410. The summed E-state index contributed by atoms with van der Waals surface area (Å²) in [6, 6.07) is -0.123. The number of urea groups is 1. The molecule has 3 N–H and O–H groups in total. The molecule has 21 heavy (non-hydrogen) atoms. The molecule has 120 valence electrons. The molecule has 4 atom stereocenters. The summed E-state index contributed by atoms with van der Waals surface area (Å²) in [5.74, 6) is -1.09. The lowest BCUT2D eigenvalue weighted by atomic mass is 9.64. The van der Waals surface area contributed by atoms with E-state index in [1.54, 1.807) is 0 Å².